The maximum Gasteiger partial charge on any atom is 0.122 e. The maximum absolute atomic E-state index is 10.8. The summed E-state index contributed by atoms with van der Waals surface area (Å²) in [5.74, 6) is 1.34. The number of alkyl halides is 1. The molecule has 0 saturated carbocycles. The molecule has 130 valence electrons. The van der Waals surface area contributed by atoms with Crippen LogP contribution in [0.3, 0.4) is 0 Å². The molecule has 0 heterocycles. The fraction of sp³-hybridized carbons (Fsp3) is 0.368. The Hall–Kier alpha value is -1.75. The van der Waals surface area contributed by atoms with Gasteiger partial charge in [-0.1, -0.05) is 18.2 Å². The highest BCUT2D eigenvalue weighted by Crippen LogP contribution is 2.34. The van der Waals surface area contributed by atoms with Crippen LogP contribution >= 0.6 is 11.6 Å². The lowest BCUT2D eigenvalue weighted by molar-refractivity contribution is 0.210. The highest BCUT2D eigenvalue weighted by Gasteiger charge is 2.20. The number of aliphatic hydroxyl groups excluding tert-OH is 2. The first-order valence-electron chi connectivity index (χ1n) is 7.89. The normalized spacial score (nSPS) is 12.2. The van der Waals surface area contributed by atoms with E-state index < -0.39 is 6.10 Å². The number of hydrogen-bond acceptors (Lipinski definition) is 4. The molecule has 1 unspecified atom stereocenters. The Morgan fingerprint density at radius 2 is 1.83 bits per heavy atom. The van der Waals surface area contributed by atoms with Crippen LogP contribution in [0.1, 0.15) is 40.3 Å². The van der Waals surface area contributed by atoms with Crippen LogP contribution in [0.25, 0.3) is 0 Å². The summed E-state index contributed by atoms with van der Waals surface area (Å²) in [6.07, 6.45) is -0.164. The molecular weight excluding hydrogens is 328 g/mol. The summed E-state index contributed by atoms with van der Waals surface area (Å²) in [5, 5.41) is 30.3. The second kappa shape index (κ2) is 8.38. The maximum atomic E-state index is 10.8. The third kappa shape index (κ3) is 3.83. The van der Waals surface area contributed by atoms with Crippen molar-refractivity contribution in [3.63, 3.8) is 0 Å². The number of aliphatic hydroxyl groups is 2. The summed E-state index contributed by atoms with van der Waals surface area (Å²) in [5.41, 5.74) is 3.23. The van der Waals surface area contributed by atoms with Crippen molar-refractivity contribution < 1.29 is 20.1 Å². The van der Waals surface area contributed by atoms with Crippen molar-refractivity contribution >= 4 is 11.6 Å². The number of ether oxygens (including phenoxy) is 1. The van der Waals surface area contributed by atoms with E-state index in [1.807, 2.05) is 25.1 Å². The van der Waals surface area contributed by atoms with Crippen LogP contribution in [0.4, 0.5) is 0 Å². The molecule has 5 heteroatoms. The van der Waals surface area contributed by atoms with Gasteiger partial charge in [0.2, 0.25) is 0 Å². The molecule has 0 aromatic heterocycles. The van der Waals surface area contributed by atoms with E-state index >= 15 is 0 Å². The summed E-state index contributed by atoms with van der Waals surface area (Å²) in [6, 6.07) is 8.68. The molecule has 2 rings (SSSR count). The Labute approximate surface area is 147 Å². The number of benzene rings is 2. The smallest absolute Gasteiger partial charge is 0.122 e. The molecule has 0 radical (unpaired) electrons. The highest BCUT2D eigenvalue weighted by molar-refractivity contribution is 6.17. The molecular formula is C19H23ClO4. The van der Waals surface area contributed by atoms with Crippen LogP contribution in [0.5, 0.6) is 11.5 Å². The molecule has 0 fully saturated rings. The first-order valence-corrected chi connectivity index (χ1v) is 8.43. The number of rotatable bonds is 7. The molecule has 0 spiro atoms. The number of phenols is 1. The monoisotopic (exact) mass is 350 g/mol. The topological polar surface area (TPSA) is 69.9 Å². The highest BCUT2D eigenvalue weighted by atomic mass is 35.5. The largest absolute Gasteiger partial charge is 0.508 e. The standard InChI is InChI=1S/C19H23ClO4/c1-12-16(11-21)15(7-8-17(12)22)19(23)14-5-3-6-18(13(14)2)24-10-4-9-20/h3,5-8,19,21-23H,4,9-11H2,1-2H3. The lowest BCUT2D eigenvalue weighted by atomic mass is 9.91. The van der Waals surface area contributed by atoms with Gasteiger partial charge in [0.25, 0.3) is 0 Å². The summed E-state index contributed by atoms with van der Waals surface area (Å²) in [7, 11) is 0. The fourth-order valence-electron chi connectivity index (χ4n) is 2.72. The minimum Gasteiger partial charge on any atom is -0.508 e. The van der Waals surface area contributed by atoms with Gasteiger partial charge in [-0.15, -0.1) is 11.6 Å². The first kappa shape index (κ1) is 18.6. The van der Waals surface area contributed by atoms with Crippen LogP contribution in [0.2, 0.25) is 0 Å². The van der Waals surface area contributed by atoms with E-state index in [0.717, 1.165) is 12.0 Å². The van der Waals surface area contributed by atoms with E-state index in [-0.39, 0.29) is 12.4 Å². The summed E-state index contributed by atoms with van der Waals surface area (Å²) in [4.78, 5) is 0. The van der Waals surface area contributed by atoms with Crippen LogP contribution in [-0.4, -0.2) is 27.8 Å². The molecule has 24 heavy (non-hydrogen) atoms. The van der Waals surface area contributed by atoms with Crippen LogP contribution in [0.15, 0.2) is 30.3 Å². The summed E-state index contributed by atoms with van der Waals surface area (Å²) < 4.78 is 5.72. The molecule has 2 aromatic rings. The van der Waals surface area contributed by atoms with Gasteiger partial charge in [-0.3, -0.25) is 0 Å². The Morgan fingerprint density at radius 1 is 1.08 bits per heavy atom. The molecule has 0 aliphatic rings. The molecule has 0 saturated heterocycles. The predicted molar refractivity (Wildman–Crippen MR) is 94.8 cm³/mol. The van der Waals surface area contributed by atoms with E-state index in [4.69, 9.17) is 16.3 Å². The van der Waals surface area contributed by atoms with Crippen molar-refractivity contribution in [1.29, 1.82) is 0 Å². The molecule has 0 amide bonds. The van der Waals surface area contributed by atoms with Gasteiger partial charge >= 0.3 is 0 Å². The third-order valence-electron chi connectivity index (χ3n) is 4.21. The zero-order valence-electron chi connectivity index (χ0n) is 13.9. The van der Waals surface area contributed by atoms with Crippen molar-refractivity contribution in [3.8, 4) is 11.5 Å². The second-order valence-corrected chi connectivity index (χ2v) is 6.08. The Bertz CT molecular complexity index is 700. The molecule has 3 N–H and O–H groups in total. The number of phenolic OH excluding ortho intramolecular Hbond substituents is 1. The average Bonchev–Trinajstić information content (AvgIpc) is 2.58. The number of aromatic hydroxyl groups is 1. The fourth-order valence-corrected chi connectivity index (χ4v) is 2.83. The average molecular weight is 351 g/mol. The molecule has 2 aromatic carbocycles. The van der Waals surface area contributed by atoms with E-state index in [0.29, 0.717) is 40.5 Å². The summed E-state index contributed by atoms with van der Waals surface area (Å²) >= 11 is 5.67. The molecule has 0 aliphatic heterocycles. The lowest BCUT2D eigenvalue weighted by Crippen LogP contribution is -2.08. The van der Waals surface area contributed by atoms with Gasteiger partial charge in [0.15, 0.2) is 0 Å². The van der Waals surface area contributed by atoms with E-state index in [1.165, 1.54) is 6.07 Å². The SMILES string of the molecule is Cc1c(OCCCCl)cccc1C(O)c1ccc(O)c(C)c1CO. The van der Waals surface area contributed by atoms with E-state index in [9.17, 15) is 15.3 Å². The minimum atomic E-state index is -0.914. The van der Waals surface area contributed by atoms with Crippen molar-refractivity contribution in [1.82, 2.24) is 0 Å². The van der Waals surface area contributed by atoms with Gasteiger partial charge in [0.1, 0.15) is 17.6 Å². The van der Waals surface area contributed by atoms with Crippen molar-refractivity contribution in [2.75, 3.05) is 12.5 Å². The summed E-state index contributed by atoms with van der Waals surface area (Å²) in [6.45, 7) is 3.87. The Kier molecular flexibility index (Phi) is 6.49. The van der Waals surface area contributed by atoms with Gasteiger partial charge in [-0.2, -0.15) is 0 Å². The van der Waals surface area contributed by atoms with Gasteiger partial charge in [0, 0.05) is 5.88 Å². The Morgan fingerprint density at radius 3 is 2.50 bits per heavy atom. The predicted octanol–water partition coefficient (Wildman–Crippen LogP) is 3.59. The second-order valence-electron chi connectivity index (χ2n) is 5.70. The number of hydrogen-bond donors (Lipinski definition) is 3. The zero-order valence-corrected chi connectivity index (χ0v) is 14.7. The van der Waals surface area contributed by atoms with Gasteiger partial charge < -0.3 is 20.1 Å². The third-order valence-corrected chi connectivity index (χ3v) is 4.48. The van der Waals surface area contributed by atoms with Crippen molar-refractivity contribution in [2.45, 2.75) is 33.0 Å². The molecule has 0 aliphatic carbocycles. The van der Waals surface area contributed by atoms with Crippen LogP contribution in [0, 0.1) is 13.8 Å². The van der Waals surface area contributed by atoms with E-state index in [1.54, 1.807) is 13.0 Å². The van der Waals surface area contributed by atoms with Gasteiger partial charge in [-0.05, 0) is 60.2 Å². The van der Waals surface area contributed by atoms with Gasteiger partial charge in [0.05, 0.1) is 13.2 Å². The van der Waals surface area contributed by atoms with Crippen LogP contribution in [-0.2, 0) is 6.61 Å². The van der Waals surface area contributed by atoms with Crippen LogP contribution < -0.4 is 4.74 Å². The first-order chi connectivity index (χ1) is 11.5. The molecule has 0 bridgehead atoms. The quantitative estimate of drug-likeness (QED) is 0.527. The Balaban J connectivity index is 2.38. The molecule has 1 atom stereocenters. The molecule has 4 nitrogen and oxygen atoms in total. The van der Waals surface area contributed by atoms with Crippen molar-refractivity contribution in [2.24, 2.45) is 0 Å². The van der Waals surface area contributed by atoms with E-state index in [2.05, 4.69) is 0 Å². The minimum absolute atomic E-state index is 0.102. The van der Waals surface area contributed by atoms with Crippen molar-refractivity contribution in [3.05, 3.63) is 58.1 Å². The lowest BCUT2D eigenvalue weighted by Gasteiger charge is -2.20. The van der Waals surface area contributed by atoms with Gasteiger partial charge in [-0.25, -0.2) is 0 Å². The zero-order chi connectivity index (χ0) is 17.7. The number of halogens is 1.